The molecule has 4 heteroatoms. The molecule has 0 radical (unpaired) electrons. The average molecular weight is 346 g/mol. The summed E-state index contributed by atoms with van der Waals surface area (Å²) in [6, 6.07) is 11.4. The minimum absolute atomic E-state index is 0.189. The molecule has 1 saturated heterocycles. The first-order chi connectivity index (χ1) is 12.6. The van der Waals surface area contributed by atoms with Gasteiger partial charge in [0.2, 0.25) is 0 Å². The quantitative estimate of drug-likeness (QED) is 0.534. The maximum Gasteiger partial charge on any atom is 0.310 e. The van der Waals surface area contributed by atoms with Gasteiger partial charge in [-0.2, -0.15) is 0 Å². The second-order valence-electron chi connectivity index (χ2n) is 7.48. The number of carbonyl (C=O) groups excluding carboxylic acids is 1. The van der Waals surface area contributed by atoms with Crippen molar-refractivity contribution in [3.63, 3.8) is 0 Å². The number of esters is 1. The maximum absolute atomic E-state index is 12.2. The molecule has 1 unspecified atom stereocenters. The lowest BCUT2D eigenvalue weighted by Crippen LogP contribution is -2.17. The highest BCUT2D eigenvalue weighted by Gasteiger charge is 2.41. The van der Waals surface area contributed by atoms with Gasteiger partial charge in [-0.15, -0.1) is 0 Å². The Morgan fingerprint density at radius 1 is 1.15 bits per heavy atom. The zero-order chi connectivity index (χ0) is 18.0. The first kappa shape index (κ1) is 15.5. The van der Waals surface area contributed by atoms with Crippen LogP contribution >= 0.6 is 0 Å². The van der Waals surface area contributed by atoms with Crippen molar-refractivity contribution in [2.45, 2.75) is 32.9 Å². The highest BCUT2D eigenvalue weighted by Crippen LogP contribution is 2.48. The van der Waals surface area contributed by atoms with E-state index in [-0.39, 0.29) is 5.97 Å². The minimum atomic E-state index is -0.189. The van der Waals surface area contributed by atoms with Crippen LogP contribution in [0.3, 0.4) is 0 Å². The van der Waals surface area contributed by atoms with Crippen molar-refractivity contribution in [1.29, 1.82) is 0 Å². The molecule has 3 heterocycles. The van der Waals surface area contributed by atoms with Gasteiger partial charge in [-0.05, 0) is 42.2 Å². The molecular formula is C22H22N2O2. The van der Waals surface area contributed by atoms with Crippen LogP contribution in [-0.2, 0) is 22.5 Å². The van der Waals surface area contributed by atoms with Gasteiger partial charge in [-0.3, -0.25) is 4.79 Å². The smallest absolute Gasteiger partial charge is 0.310 e. The molecule has 0 saturated carbocycles. The van der Waals surface area contributed by atoms with Gasteiger partial charge in [0, 0.05) is 24.7 Å². The van der Waals surface area contributed by atoms with Gasteiger partial charge < -0.3 is 14.2 Å². The minimum Gasteiger partial charge on any atom is -0.469 e. The van der Waals surface area contributed by atoms with Gasteiger partial charge in [-0.1, -0.05) is 29.8 Å². The molecule has 132 valence electrons. The Kier molecular flexibility index (Phi) is 3.20. The molecule has 0 N–H and O–H groups in total. The van der Waals surface area contributed by atoms with Crippen LogP contribution in [0.1, 0.15) is 16.7 Å². The van der Waals surface area contributed by atoms with E-state index >= 15 is 0 Å². The molecule has 5 rings (SSSR count). The predicted molar refractivity (Wildman–Crippen MR) is 104 cm³/mol. The number of aryl methyl sites for hydroxylation is 1. The first-order valence-electron chi connectivity index (χ1n) is 9.13. The van der Waals surface area contributed by atoms with Gasteiger partial charge in [-0.25, -0.2) is 0 Å². The number of aromatic nitrogens is 1. The number of methoxy groups -OCH3 is 1. The summed E-state index contributed by atoms with van der Waals surface area (Å²) in [6.07, 6.45) is 2.50. The molecule has 4 nitrogen and oxygen atoms in total. The predicted octanol–water partition coefficient (Wildman–Crippen LogP) is 3.84. The van der Waals surface area contributed by atoms with E-state index < -0.39 is 0 Å². The molecule has 26 heavy (non-hydrogen) atoms. The van der Waals surface area contributed by atoms with Crippen molar-refractivity contribution >= 4 is 22.6 Å². The Morgan fingerprint density at radius 3 is 2.65 bits per heavy atom. The lowest BCUT2D eigenvalue weighted by molar-refractivity contribution is -0.139. The van der Waals surface area contributed by atoms with Crippen molar-refractivity contribution in [1.82, 2.24) is 4.57 Å². The normalized spacial score (nSPS) is 17.3. The lowest BCUT2D eigenvalue weighted by atomic mass is 9.89. The van der Waals surface area contributed by atoms with E-state index in [0.717, 1.165) is 24.2 Å². The number of hydrogen-bond acceptors (Lipinski definition) is 3. The van der Waals surface area contributed by atoms with Crippen LogP contribution in [0.2, 0.25) is 0 Å². The molecule has 0 bridgehead atoms. The Hall–Kier alpha value is -2.75. The Morgan fingerprint density at radius 2 is 1.92 bits per heavy atom. The van der Waals surface area contributed by atoms with Crippen LogP contribution in [0.15, 0.2) is 36.5 Å². The number of rotatable bonds is 3. The van der Waals surface area contributed by atoms with Crippen molar-refractivity contribution in [3.05, 3.63) is 53.2 Å². The third-order valence-corrected chi connectivity index (χ3v) is 5.87. The summed E-state index contributed by atoms with van der Waals surface area (Å²) in [5.41, 5.74) is 8.48. The Bertz CT molecular complexity index is 1050. The molecule has 3 aromatic rings. The number of nitrogens with zero attached hydrogens (tertiary/aromatic N) is 2. The molecule has 2 aromatic carbocycles. The van der Waals surface area contributed by atoms with E-state index in [1.165, 1.54) is 40.4 Å². The summed E-state index contributed by atoms with van der Waals surface area (Å²) >= 11 is 0. The topological polar surface area (TPSA) is 34.2 Å². The number of benzene rings is 2. The van der Waals surface area contributed by atoms with E-state index in [0.29, 0.717) is 12.5 Å². The van der Waals surface area contributed by atoms with Crippen LogP contribution in [0.5, 0.6) is 0 Å². The summed E-state index contributed by atoms with van der Waals surface area (Å²) in [4.78, 5) is 14.6. The molecular weight excluding hydrogens is 324 g/mol. The summed E-state index contributed by atoms with van der Waals surface area (Å²) in [7, 11) is 1.46. The molecule has 1 aromatic heterocycles. The monoisotopic (exact) mass is 346 g/mol. The molecule has 0 aliphatic carbocycles. The number of carbonyl (C=O) groups is 1. The van der Waals surface area contributed by atoms with Crippen molar-refractivity contribution in [2.75, 3.05) is 18.6 Å². The number of anilines is 1. The van der Waals surface area contributed by atoms with E-state index in [1.807, 2.05) is 0 Å². The Labute approximate surface area is 153 Å². The zero-order valence-electron chi connectivity index (χ0n) is 15.4. The Balaban J connectivity index is 1.84. The average Bonchev–Trinajstić information content (AvgIpc) is 3.30. The largest absolute Gasteiger partial charge is 0.469 e. The van der Waals surface area contributed by atoms with Crippen LogP contribution in [-0.4, -0.2) is 30.2 Å². The standard InChI is InChI=1S/C22H22N2O2/c1-13-4-6-15(7-5-13)20-17-8-9-23-11-16-12-24(16)21(22(17)23)14(2)18(20)10-19(25)26-3/h4-9,16H,10-12H2,1-3H3. The fourth-order valence-corrected chi connectivity index (χ4v) is 4.44. The van der Waals surface area contributed by atoms with Gasteiger partial charge in [0.1, 0.15) is 0 Å². The van der Waals surface area contributed by atoms with Crippen molar-refractivity contribution < 1.29 is 9.53 Å². The van der Waals surface area contributed by atoms with Crippen LogP contribution in [0, 0.1) is 13.8 Å². The summed E-state index contributed by atoms with van der Waals surface area (Å²) in [5.74, 6) is -0.189. The maximum atomic E-state index is 12.2. The third kappa shape index (κ3) is 2.11. The first-order valence-corrected chi connectivity index (χ1v) is 9.13. The molecule has 1 atom stereocenters. The lowest BCUT2D eigenvalue weighted by Gasteiger charge is -2.24. The number of fused-ring (bicyclic) bond motifs is 2. The molecule has 0 amide bonds. The SMILES string of the molecule is COC(=O)Cc1c(C)c2c3c(ccn3CC3CN23)c1-c1ccc(C)cc1. The fourth-order valence-electron chi connectivity index (χ4n) is 4.44. The van der Waals surface area contributed by atoms with E-state index in [1.54, 1.807) is 0 Å². The van der Waals surface area contributed by atoms with Crippen LogP contribution in [0.4, 0.5) is 5.69 Å². The number of hydrogen-bond donors (Lipinski definition) is 0. The highest BCUT2D eigenvalue weighted by atomic mass is 16.5. The third-order valence-electron chi connectivity index (χ3n) is 5.87. The van der Waals surface area contributed by atoms with Gasteiger partial charge in [0.05, 0.1) is 30.8 Å². The van der Waals surface area contributed by atoms with Gasteiger partial charge >= 0.3 is 5.97 Å². The van der Waals surface area contributed by atoms with Gasteiger partial charge in [0.15, 0.2) is 0 Å². The fraction of sp³-hybridized carbons (Fsp3) is 0.318. The van der Waals surface area contributed by atoms with Crippen LogP contribution < -0.4 is 4.90 Å². The summed E-state index contributed by atoms with van der Waals surface area (Å²) < 4.78 is 7.38. The molecule has 2 aliphatic rings. The van der Waals surface area contributed by atoms with Gasteiger partial charge in [0.25, 0.3) is 0 Å². The molecule has 0 spiro atoms. The van der Waals surface area contributed by atoms with Crippen LogP contribution in [0.25, 0.3) is 22.0 Å². The zero-order valence-corrected chi connectivity index (χ0v) is 15.4. The highest BCUT2D eigenvalue weighted by molar-refractivity contribution is 6.07. The number of ether oxygens (including phenoxy) is 1. The second kappa shape index (κ2) is 5.37. The molecule has 1 fully saturated rings. The van der Waals surface area contributed by atoms with Crippen molar-refractivity contribution in [3.8, 4) is 11.1 Å². The van der Waals surface area contributed by atoms with E-state index in [4.69, 9.17) is 4.74 Å². The van der Waals surface area contributed by atoms with Crippen molar-refractivity contribution in [2.24, 2.45) is 0 Å². The summed E-state index contributed by atoms with van der Waals surface area (Å²) in [5, 5.41) is 1.23. The van der Waals surface area contributed by atoms with E-state index in [2.05, 4.69) is 59.8 Å². The molecule has 2 aliphatic heterocycles. The summed E-state index contributed by atoms with van der Waals surface area (Å²) in [6.45, 7) is 6.42. The second-order valence-corrected chi connectivity index (χ2v) is 7.48. The van der Waals surface area contributed by atoms with E-state index in [9.17, 15) is 4.79 Å².